The molecule has 0 unspecified atom stereocenters. The van der Waals surface area contributed by atoms with E-state index in [0.717, 1.165) is 0 Å². The lowest BCUT2D eigenvalue weighted by molar-refractivity contribution is 0.00633. The molecule has 0 aliphatic carbocycles. The molecule has 0 radical (unpaired) electrons. The summed E-state index contributed by atoms with van der Waals surface area (Å²) < 4.78 is 53.7. The fourth-order valence-electron chi connectivity index (χ4n) is 1.19. The van der Waals surface area contributed by atoms with Gasteiger partial charge in [-0.2, -0.15) is 0 Å². The fraction of sp³-hybridized carbons (Fsp3) is 0.364. The molecule has 1 aromatic carbocycles. The van der Waals surface area contributed by atoms with Crippen LogP contribution in [0.3, 0.4) is 0 Å². The number of hydrogen-bond donors (Lipinski definition) is 0. The van der Waals surface area contributed by atoms with Gasteiger partial charge in [0.05, 0.1) is 10.5 Å². The second-order valence-corrected chi connectivity index (χ2v) is 7.27. The Kier molecular flexibility index (Phi) is 4.21. The van der Waals surface area contributed by atoms with Crippen LogP contribution in [-0.2, 0) is 13.8 Å². The Balaban J connectivity index is 3.36. The predicted octanol–water partition coefficient (Wildman–Crippen LogP) is 2.85. The molecule has 0 amide bonds. The van der Waals surface area contributed by atoms with Gasteiger partial charge in [0, 0.05) is 10.7 Å². The number of halogens is 3. The van der Waals surface area contributed by atoms with E-state index >= 15 is 0 Å². The summed E-state index contributed by atoms with van der Waals surface area (Å²) in [5, 5.41) is 0. The zero-order valence-electron chi connectivity index (χ0n) is 10.3. The van der Waals surface area contributed by atoms with Crippen molar-refractivity contribution in [1.82, 2.24) is 0 Å². The topological polar surface area (TPSA) is 60.4 Å². The average Bonchev–Trinajstić information content (AvgIpc) is 2.17. The molecule has 1 rings (SSSR count). The van der Waals surface area contributed by atoms with Crippen LogP contribution in [0.4, 0.5) is 8.78 Å². The third-order valence-corrected chi connectivity index (χ3v) is 3.24. The molecule has 0 aliphatic heterocycles. The summed E-state index contributed by atoms with van der Waals surface area (Å²) in [6, 6.07) is 1.03. The molecule has 0 saturated carbocycles. The molecule has 106 valence electrons. The van der Waals surface area contributed by atoms with Crippen LogP contribution < -0.4 is 0 Å². The van der Waals surface area contributed by atoms with Gasteiger partial charge in [-0.1, -0.05) is 0 Å². The first-order valence-corrected chi connectivity index (χ1v) is 7.40. The Morgan fingerprint density at radius 1 is 1.26 bits per heavy atom. The summed E-state index contributed by atoms with van der Waals surface area (Å²) >= 11 is 0. The lowest BCUT2D eigenvalue weighted by Gasteiger charge is -2.19. The normalized spacial score (nSPS) is 12.3. The number of rotatable bonds is 2. The van der Waals surface area contributed by atoms with E-state index in [2.05, 4.69) is 0 Å². The van der Waals surface area contributed by atoms with E-state index in [-0.39, 0.29) is 0 Å². The summed E-state index contributed by atoms with van der Waals surface area (Å²) in [4.78, 5) is 10.9. The number of benzene rings is 1. The third kappa shape index (κ3) is 4.14. The lowest BCUT2D eigenvalue weighted by atomic mass is 10.1. The predicted molar refractivity (Wildman–Crippen MR) is 64.6 cm³/mol. The maximum absolute atomic E-state index is 13.5. The molecule has 0 heterocycles. The van der Waals surface area contributed by atoms with Crippen molar-refractivity contribution < 1.29 is 26.7 Å². The highest BCUT2D eigenvalue weighted by molar-refractivity contribution is 8.13. The van der Waals surface area contributed by atoms with Crippen molar-refractivity contribution >= 4 is 25.7 Å². The van der Waals surface area contributed by atoms with Crippen LogP contribution in [0.25, 0.3) is 0 Å². The van der Waals surface area contributed by atoms with Gasteiger partial charge in [0.1, 0.15) is 5.60 Å². The first-order valence-electron chi connectivity index (χ1n) is 5.09. The summed E-state index contributed by atoms with van der Waals surface area (Å²) in [6.07, 6.45) is 0. The highest BCUT2D eigenvalue weighted by Gasteiger charge is 2.25. The smallest absolute Gasteiger partial charge is 0.341 e. The number of carbonyl (C=O) groups is 1. The van der Waals surface area contributed by atoms with Crippen LogP contribution in [0.15, 0.2) is 17.0 Å². The van der Waals surface area contributed by atoms with E-state index in [4.69, 9.17) is 15.4 Å². The van der Waals surface area contributed by atoms with E-state index in [1.54, 1.807) is 0 Å². The SMILES string of the molecule is CC(C)(C)OC(=O)c1cc(S(=O)(=O)Cl)cc(F)c1F. The molecule has 19 heavy (non-hydrogen) atoms. The average molecular weight is 313 g/mol. The van der Waals surface area contributed by atoms with Gasteiger partial charge in [-0.15, -0.1) is 0 Å². The second kappa shape index (κ2) is 5.05. The Morgan fingerprint density at radius 2 is 1.79 bits per heavy atom. The number of esters is 1. The summed E-state index contributed by atoms with van der Waals surface area (Å²) in [6.45, 7) is 4.59. The molecule has 0 aromatic heterocycles. The van der Waals surface area contributed by atoms with Crippen molar-refractivity contribution in [2.75, 3.05) is 0 Å². The Labute approximate surface area is 113 Å². The minimum atomic E-state index is -4.28. The number of carbonyl (C=O) groups excluding carboxylic acids is 1. The van der Waals surface area contributed by atoms with Gasteiger partial charge < -0.3 is 4.74 Å². The zero-order chi connectivity index (χ0) is 15.0. The van der Waals surface area contributed by atoms with Crippen LogP contribution in [0.5, 0.6) is 0 Å². The molecule has 0 spiro atoms. The molecular weight excluding hydrogens is 302 g/mol. The molecule has 0 bridgehead atoms. The maximum Gasteiger partial charge on any atom is 0.341 e. The van der Waals surface area contributed by atoms with E-state index in [0.29, 0.717) is 12.1 Å². The molecule has 0 aliphatic rings. The summed E-state index contributed by atoms with van der Waals surface area (Å²) in [5.74, 6) is -4.16. The van der Waals surface area contributed by atoms with Crippen molar-refractivity contribution in [3.8, 4) is 0 Å². The third-order valence-electron chi connectivity index (χ3n) is 1.90. The lowest BCUT2D eigenvalue weighted by Crippen LogP contribution is -2.25. The Morgan fingerprint density at radius 3 is 2.21 bits per heavy atom. The molecular formula is C11H11ClF2O4S. The van der Waals surface area contributed by atoms with Gasteiger partial charge in [-0.3, -0.25) is 0 Å². The number of ether oxygens (including phenoxy) is 1. The van der Waals surface area contributed by atoms with Gasteiger partial charge >= 0.3 is 5.97 Å². The molecule has 4 nitrogen and oxygen atoms in total. The second-order valence-electron chi connectivity index (χ2n) is 4.71. The van der Waals surface area contributed by atoms with Gasteiger partial charge in [-0.25, -0.2) is 22.0 Å². The molecule has 0 N–H and O–H groups in total. The van der Waals surface area contributed by atoms with Gasteiger partial charge in [-0.05, 0) is 32.9 Å². The largest absolute Gasteiger partial charge is 0.456 e. The number of hydrogen-bond acceptors (Lipinski definition) is 4. The highest BCUT2D eigenvalue weighted by atomic mass is 35.7. The van der Waals surface area contributed by atoms with E-state index in [1.807, 2.05) is 0 Å². The van der Waals surface area contributed by atoms with Crippen LogP contribution in [0.2, 0.25) is 0 Å². The van der Waals surface area contributed by atoms with Gasteiger partial charge in [0.2, 0.25) is 0 Å². The minimum Gasteiger partial charge on any atom is -0.456 e. The fourth-order valence-corrected chi connectivity index (χ4v) is 1.96. The quantitative estimate of drug-likeness (QED) is 0.622. The molecule has 1 aromatic rings. The van der Waals surface area contributed by atoms with Crippen LogP contribution in [-0.4, -0.2) is 20.0 Å². The minimum absolute atomic E-state index is 0.394. The standard InChI is InChI=1S/C11H11ClF2O4S/c1-11(2,3)18-10(15)7-4-6(19(12,16)17)5-8(13)9(7)14/h4-5H,1-3H3. The Hall–Kier alpha value is -1.21. The van der Waals surface area contributed by atoms with Crippen LogP contribution in [0.1, 0.15) is 31.1 Å². The first-order chi connectivity index (χ1) is 8.42. The molecule has 0 atom stereocenters. The zero-order valence-corrected chi connectivity index (χ0v) is 11.9. The molecule has 0 saturated heterocycles. The maximum atomic E-state index is 13.5. The summed E-state index contributed by atoms with van der Waals surface area (Å²) in [5.41, 5.74) is -1.76. The van der Waals surface area contributed by atoms with Crippen LogP contribution >= 0.6 is 10.7 Å². The van der Waals surface area contributed by atoms with E-state index in [1.165, 1.54) is 20.8 Å². The van der Waals surface area contributed by atoms with Gasteiger partial charge in [0.25, 0.3) is 9.05 Å². The first kappa shape index (κ1) is 15.8. The van der Waals surface area contributed by atoms with E-state index < -0.39 is 42.7 Å². The molecule has 0 fully saturated rings. The van der Waals surface area contributed by atoms with Crippen molar-refractivity contribution in [1.29, 1.82) is 0 Å². The van der Waals surface area contributed by atoms with Crippen molar-refractivity contribution in [3.05, 3.63) is 29.3 Å². The van der Waals surface area contributed by atoms with E-state index in [9.17, 15) is 22.0 Å². The van der Waals surface area contributed by atoms with Crippen molar-refractivity contribution in [3.63, 3.8) is 0 Å². The highest BCUT2D eigenvalue weighted by Crippen LogP contribution is 2.23. The Bertz CT molecular complexity index is 620. The summed E-state index contributed by atoms with van der Waals surface area (Å²) in [7, 11) is 0.740. The molecule has 8 heteroatoms. The van der Waals surface area contributed by atoms with Crippen LogP contribution in [0, 0.1) is 11.6 Å². The van der Waals surface area contributed by atoms with Crippen molar-refractivity contribution in [2.45, 2.75) is 31.3 Å². The van der Waals surface area contributed by atoms with Crippen molar-refractivity contribution in [2.24, 2.45) is 0 Å². The van der Waals surface area contributed by atoms with Gasteiger partial charge in [0.15, 0.2) is 11.6 Å². The monoisotopic (exact) mass is 312 g/mol.